The number of nitrogens with two attached hydrogens (primary N) is 1. The van der Waals surface area contributed by atoms with Crippen LogP contribution in [0.5, 0.6) is 0 Å². The number of ether oxygens (including phenoxy) is 2. The minimum Gasteiger partial charge on any atom is -0.388 e. The molecule has 0 fully saturated rings. The van der Waals surface area contributed by atoms with Crippen LogP contribution in [-0.4, -0.2) is 62.4 Å². The van der Waals surface area contributed by atoms with Crippen molar-refractivity contribution in [3.63, 3.8) is 0 Å². The van der Waals surface area contributed by atoms with E-state index in [4.69, 9.17) is 20.3 Å². The Hall–Kier alpha value is -1.58. The minimum absolute atomic E-state index is 0.00476. The van der Waals surface area contributed by atoms with Crippen LogP contribution >= 0.6 is 7.60 Å². The summed E-state index contributed by atoms with van der Waals surface area (Å²) in [6.07, 6.45) is 2.40. The molecule has 0 aliphatic rings. The van der Waals surface area contributed by atoms with Crippen LogP contribution in [-0.2, 0) is 20.6 Å². The molecule has 0 unspecified atom stereocenters. The largest absolute Gasteiger partial charge is 0.388 e. The molecule has 2 aromatic rings. The molecule has 0 saturated carbocycles. The Bertz CT molecular complexity index is 658. The van der Waals surface area contributed by atoms with Crippen LogP contribution in [0, 0.1) is 0 Å². The van der Waals surface area contributed by atoms with Gasteiger partial charge in [0.15, 0.2) is 11.5 Å². The third-order valence-electron chi connectivity index (χ3n) is 2.67. The fourth-order valence-electron chi connectivity index (χ4n) is 1.73. The van der Waals surface area contributed by atoms with Crippen molar-refractivity contribution in [2.45, 2.75) is 19.6 Å². The third-order valence-corrected chi connectivity index (χ3v) is 3.43. The topological polar surface area (TPSA) is 146 Å². The summed E-state index contributed by atoms with van der Waals surface area (Å²) in [5.74, 6) is 0.309. The molecule has 2 heterocycles. The van der Waals surface area contributed by atoms with Crippen LogP contribution in [0.3, 0.4) is 0 Å². The van der Waals surface area contributed by atoms with Crippen molar-refractivity contribution in [1.82, 2.24) is 19.5 Å². The van der Waals surface area contributed by atoms with E-state index in [9.17, 15) is 4.57 Å². The molecule has 1 atom stereocenters. The van der Waals surface area contributed by atoms with E-state index in [1.807, 2.05) is 0 Å². The van der Waals surface area contributed by atoms with Crippen LogP contribution in [0.4, 0.5) is 5.82 Å². The van der Waals surface area contributed by atoms with E-state index < -0.39 is 7.60 Å². The summed E-state index contributed by atoms with van der Waals surface area (Å²) in [6.45, 7) is 2.25. The van der Waals surface area contributed by atoms with Crippen LogP contribution in [0.25, 0.3) is 11.2 Å². The summed E-state index contributed by atoms with van der Waals surface area (Å²) < 4.78 is 22.1. The van der Waals surface area contributed by atoms with Gasteiger partial charge in [0, 0.05) is 14.2 Å². The molecule has 0 aromatic carbocycles. The summed E-state index contributed by atoms with van der Waals surface area (Å²) in [5.41, 5.74) is 6.81. The van der Waals surface area contributed by atoms with Gasteiger partial charge in [-0.15, -0.1) is 0 Å². The molecule has 0 radical (unpaired) electrons. The molecule has 2 rings (SSSR count). The number of fused-ring (bicyclic) bond motifs is 1. The van der Waals surface area contributed by atoms with Gasteiger partial charge in [-0.3, -0.25) is 4.57 Å². The molecule has 130 valence electrons. The van der Waals surface area contributed by atoms with Crippen LogP contribution in [0.2, 0.25) is 0 Å². The molecular weight excluding hydrogens is 325 g/mol. The van der Waals surface area contributed by atoms with Gasteiger partial charge >= 0.3 is 7.60 Å². The summed E-state index contributed by atoms with van der Waals surface area (Å²) in [7, 11) is -0.769. The monoisotopic (exact) mass is 347 g/mol. The average Bonchev–Trinajstić information content (AvgIpc) is 2.83. The molecule has 0 saturated heterocycles. The van der Waals surface area contributed by atoms with Crippen molar-refractivity contribution in [3.05, 3.63) is 12.7 Å². The Morgan fingerprint density at radius 3 is 2.61 bits per heavy atom. The fourth-order valence-corrected chi connectivity index (χ4v) is 2.08. The maximum Gasteiger partial charge on any atom is 0.327 e. The zero-order valence-electron chi connectivity index (χ0n) is 13.3. The van der Waals surface area contributed by atoms with Crippen LogP contribution in [0.15, 0.2) is 12.7 Å². The Morgan fingerprint density at radius 1 is 1.35 bits per heavy atom. The van der Waals surface area contributed by atoms with Gasteiger partial charge in [0.1, 0.15) is 11.8 Å². The highest BCUT2D eigenvalue weighted by molar-refractivity contribution is 7.51. The average molecular weight is 347 g/mol. The predicted molar refractivity (Wildman–Crippen MR) is 85.0 cm³/mol. The van der Waals surface area contributed by atoms with E-state index in [-0.39, 0.29) is 18.9 Å². The fraction of sp³-hybridized carbons (Fsp3) is 0.583. The zero-order chi connectivity index (χ0) is 17.5. The predicted octanol–water partition coefficient (Wildman–Crippen LogP) is 0.254. The van der Waals surface area contributed by atoms with Gasteiger partial charge in [0.05, 0.1) is 31.7 Å². The summed E-state index contributed by atoms with van der Waals surface area (Å²) in [5, 5.41) is 0. The molecule has 10 nitrogen and oxygen atoms in total. The van der Waals surface area contributed by atoms with Gasteiger partial charge in [-0.1, -0.05) is 0 Å². The highest BCUT2D eigenvalue weighted by Gasteiger charge is 2.15. The van der Waals surface area contributed by atoms with Crippen molar-refractivity contribution < 1.29 is 23.8 Å². The number of hydrogen-bond acceptors (Lipinski definition) is 7. The lowest BCUT2D eigenvalue weighted by molar-refractivity contribution is 0.0640. The number of hydrogen-bond donors (Lipinski definition) is 3. The van der Waals surface area contributed by atoms with E-state index in [0.29, 0.717) is 23.5 Å². The van der Waals surface area contributed by atoms with Crippen molar-refractivity contribution in [3.8, 4) is 0 Å². The number of nitrogen functional groups attached to an aromatic ring is 1. The molecule has 0 spiro atoms. The number of nitrogens with zero attached hydrogens (tertiary/aromatic N) is 4. The second-order valence-corrected chi connectivity index (χ2v) is 6.58. The lowest BCUT2D eigenvalue weighted by Crippen LogP contribution is -2.18. The lowest BCUT2D eigenvalue weighted by atomic mass is 10.4. The second kappa shape index (κ2) is 8.90. The Kier molecular flexibility index (Phi) is 7.53. The Balaban J connectivity index is 0.000000816. The first-order valence-electron chi connectivity index (χ1n) is 6.76. The first kappa shape index (κ1) is 19.5. The molecule has 0 amide bonds. The number of imidazole rings is 1. The second-order valence-electron chi connectivity index (χ2n) is 4.81. The normalized spacial score (nSPS) is 12.7. The van der Waals surface area contributed by atoms with Gasteiger partial charge in [-0.25, -0.2) is 15.0 Å². The first-order valence-corrected chi connectivity index (χ1v) is 8.56. The van der Waals surface area contributed by atoms with Crippen LogP contribution < -0.4 is 5.73 Å². The number of aromatic nitrogens is 4. The van der Waals surface area contributed by atoms with E-state index in [1.165, 1.54) is 6.33 Å². The maximum absolute atomic E-state index is 10.7. The molecule has 4 N–H and O–H groups in total. The Labute approximate surface area is 133 Å². The van der Waals surface area contributed by atoms with Gasteiger partial charge in [0.25, 0.3) is 0 Å². The quantitative estimate of drug-likeness (QED) is 0.626. The SMILES string of the molecule is COC.C[C@@H](Cn1cnc2c(N)ncnc21)OCCP(=O)(O)O. The van der Waals surface area contributed by atoms with E-state index in [2.05, 4.69) is 19.7 Å². The van der Waals surface area contributed by atoms with Gasteiger partial charge in [0.2, 0.25) is 0 Å². The molecular formula is C12H22N5O5P. The van der Waals surface area contributed by atoms with Crippen molar-refractivity contribution in [1.29, 1.82) is 0 Å². The molecule has 0 aliphatic heterocycles. The van der Waals surface area contributed by atoms with E-state index in [0.717, 1.165) is 0 Å². The standard InChI is InChI=1S/C10H16N5O4P.C2H6O/c1-7(19-2-3-20(16,17)18)4-15-6-14-8-9(11)12-5-13-10(8)15;1-3-2/h5-7H,2-4H2,1H3,(H2,11,12,13)(H2,16,17,18);1-2H3/t7-;/m0./s1. The van der Waals surface area contributed by atoms with Crippen molar-refractivity contribution in [2.24, 2.45) is 0 Å². The molecule has 0 bridgehead atoms. The first-order chi connectivity index (χ1) is 10.8. The van der Waals surface area contributed by atoms with Crippen molar-refractivity contribution in [2.75, 3.05) is 32.7 Å². The maximum atomic E-state index is 10.7. The highest BCUT2D eigenvalue weighted by atomic mass is 31.2. The highest BCUT2D eigenvalue weighted by Crippen LogP contribution is 2.33. The van der Waals surface area contributed by atoms with E-state index >= 15 is 0 Å². The molecule has 2 aromatic heterocycles. The zero-order valence-corrected chi connectivity index (χ0v) is 14.2. The van der Waals surface area contributed by atoms with Gasteiger partial charge in [-0.2, -0.15) is 0 Å². The third kappa shape index (κ3) is 6.59. The van der Waals surface area contributed by atoms with Gasteiger partial charge < -0.3 is 29.6 Å². The lowest BCUT2D eigenvalue weighted by Gasteiger charge is -2.14. The number of anilines is 1. The molecule has 0 aliphatic carbocycles. The smallest absolute Gasteiger partial charge is 0.327 e. The molecule has 11 heteroatoms. The van der Waals surface area contributed by atoms with Crippen LogP contribution in [0.1, 0.15) is 6.92 Å². The number of methoxy groups -OCH3 is 1. The van der Waals surface area contributed by atoms with E-state index in [1.54, 1.807) is 32.0 Å². The van der Waals surface area contributed by atoms with Gasteiger partial charge in [-0.05, 0) is 6.92 Å². The summed E-state index contributed by atoms with van der Waals surface area (Å²) in [6, 6.07) is 0. The minimum atomic E-state index is -4.02. The van der Waals surface area contributed by atoms with Crippen molar-refractivity contribution >= 4 is 24.6 Å². The Morgan fingerprint density at radius 2 is 2.00 bits per heavy atom. The summed E-state index contributed by atoms with van der Waals surface area (Å²) >= 11 is 0. The number of rotatable bonds is 6. The summed E-state index contributed by atoms with van der Waals surface area (Å²) in [4.78, 5) is 29.6. The molecule has 23 heavy (non-hydrogen) atoms.